The average Bonchev–Trinajstić information content (AvgIpc) is 3.55. The van der Waals surface area contributed by atoms with Crippen molar-refractivity contribution in [2.24, 2.45) is 47.3 Å². The van der Waals surface area contributed by atoms with Crippen molar-refractivity contribution in [2.45, 2.75) is 12.8 Å². The Morgan fingerprint density at radius 2 is 0.900 bits per heavy atom. The van der Waals surface area contributed by atoms with Crippen LogP contribution in [0.2, 0.25) is 0 Å². The Morgan fingerprint density at radius 3 is 1.23 bits per heavy atom. The van der Waals surface area contributed by atoms with Gasteiger partial charge in [0.1, 0.15) is 0 Å². The van der Waals surface area contributed by atoms with Gasteiger partial charge in [0.2, 0.25) is 23.6 Å². The summed E-state index contributed by atoms with van der Waals surface area (Å²) in [4.78, 5) is 55.0. The number of fused-ring (bicyclic) bond motifs is 10. The van der Waals surface area contributed by atoms with Crippen LogP contribution in [0.5, 0.6) is 0 Å². The van der Waals surface area contributed by atoms with Gasteiger partial charge in [-0.1, -0.05) is 30.4 Å². The summed E-state index contributed by atoms with van der Waals surface area (Å²) in [6.07, 6.45) is 10.0. The van der Waals surface area contributed by atoms with Gasteiger partial charge in [0.05, 0.1) is 35.0 Å². The lowest BCUT2D eigenvalue weighted by Gasteiger charge is -2.21. The van der Waals surface area contributed by atoms with Crippen molar-refractivity contribution in [3.05, 3.63) is 48.6 Å². The second kappa shape index (κ2) is 5.36. The molecule has 0 aromatic heterocycles. The fraction of sp³-hybridized carbons (Fsp3) is 0.417. The molecule has 30 heavy (non-hydrogen) atoms. The molecule has 7 rings (SSSR count). The quantitative estimate of drug-likeness (QED) is 0.564. The number of nitrogens with zero attached hydrogens (tertiary/aromatic N) is 2. The van der Waals surface area contributed by atoms with Gasteiger partial charge in [0.25, 0.3) is 0 Å². The van der Waals surface area contributed by atoms with Crippen LogP contribution >= 0.6 is 0 Å². The number of carbonyl (C=O) groups is 4. The Balaban J connectivity index is 1.24. The Bertz CT molecular complexity index is 977. The zero-order valence-electron chi connectivity index (χ0n) is 16.2. The first-order chi connectivity index (χ1) is 14.5. The van der Waals surface area contributed by atoms with E-state index in [-0.39, 0.29) is 71.0 Å². The van der Waals surface area contributed by atoms with Crippen LogP contribution in [0.1, 0.15) is 12.8 Å². The molecule has 4 aliphatic carbocycles. The van der Waals surface area contributed by atoms with Crippen LogP contribution in [0.15, 0.2) is 48.6 Å². The van der Waals surface area contributed by atoms with Crippen LogP contribution in [-0.4, -0.2) is 23.6 Å². The van der Waals surface area contributed by atoms with Gasteiger partial charge >= 0.3 is 0 Å². The number of allylic oxidation sites excluding steroid dienone is 4. The number of carbonyl (C=O) groups excluding carboxylic acids is 4. The van der Waals surface area contributed by atoms with Gasteiger partial charge in [-0.05, 0) is 54.7 Å². The van der Waals surface area contributed by atoms with Gasteiger partial charge < -0.3 is 0 Å². The maximum absolute atomic E-state index is 13.1. The minimum atomic E-state index is -0.271. The van der Waals surface area contributed by atoms with Crippen LogP contribution in [0.3, 0.4) is 0 Å². The summed E-state index contributed by atoms with van der Waals surface area (Å²) in [6.45, 7) is 0. The fourth-order valence-electron chi connectivity index (χ4n) is 7.08. The lowest BCUT2D eigenvalue weighted by molar-refractivity contribution is -0.124. The third kappa shape index (κ3) is 1.81. The van der Waals surface area contributed by atoms with Gasteiger partial charge in [-0.15, -0.1) is 0 Å². The van der Waals surface area contributed by atoms with Gasteiger partial charge in [-0.2, -0.15) is 0 Å². The Kier molecular flexibility index (Phi) is 2.99. The van der Waals surface area contributed by atoms with Gasteiger partial charge in [0.15, 0.2) is 0 Å². The van der Waals surface area contributed by atoms with Crippen molar-refractivity contribution in [1.29, 1.82) is 0 Å². The predicted molar refractivity (Wildman–Crippen MR) is 107 cm³/mol. The summed E-state index contributed by atoms with van der Waals surface area (Å²) in [6, 6.07) is 6.80. The number of anilines is 2. The summed E-state index contributed by atoms with van der Waals surface area (Å²) < 4.78 is 0. The minimum Gasteiger partial charge on any atom is -0.274 e. The molecule has 0 radical (unpaired) electrons. The summed E-state index contributed by atoms with van der Waals surface area (Å²) in [7, 11) is 0. The normalized spacial score (nSPS) is 42.3. The number of benzene rings is 1. The summed E-state index contributed by atoms with van der Waals surface area (Å²) >= 11 is 0. The van der Waals surface area contributed by atoms with Crippen molar-refractivity contribution >= 4 is 35.0 Å². The number of imide groups is 2. The highest BCUT2D eigenvalue weighted by Gasteiger charge is 2.61. The van der Waals surface area contributed by atoms with Gasteiger partial charge in [-0.25, -0.2) is 9.80 Å². The summed E-state index contributed by atoms with van der Waals surface area (Å²) in [5.41, 5.74) is 0.908. The SMILES string of the molecule is O=C1[C@@H]2[C@H](C(=O)N1c1cccc(N3C(=O)[C@H]4[C@H](C3=O)[C@H]3C=C[C@H]4C3)c1)[C@H]1C=C[C@H]2C1. The van der Waals surface area contributed by atoms with E-state index in [0.29, 0.717) is 11.4 Å². The van der Waals surface area contributed by atoms with Crippen LogP contribution in [0.25, 0.3) is 0 Å². The fourth-order valence-corrected chi connectivity index (χ4v) is 7.08. The second-order valence-electron chi connectivity index (χ2n) is 9.54. The molecule has 2 aliphatic heterocycles. The molecule has 6 nitrogen and oxygen atoms in total. The number of amides is 4. The highest BCUT2D eigenvalue weighted by atomic mass is 16.2. The smallest absolute Gasteiger partial charge is 0.238 e. The Hall–Kier alpha value is -3.02. The first kappa shape index (κ1) is 16.7. The van der Waals surface area contributed by atoms with Crippen molar-refractivity contribution in [3.63, 3.8) is 0 Å². The maximum Gasteiger partial charge on any atom is 0.238 e. The molecule has 1 aromatic rings. The van der Waals surface area contributed by atoms with Crippen molar-refractivity contribution < 1.29 is 19.2 Å². The molecule has 4 amide bonds. The number of hydrogen-bond acceptors (Lipinski definition) is 4. The number of hydrogen-bond donors (Lipinski definition) is 0. The molecule has 2 heterocycles. The molecule has 1 aromatic carbocycles. The molecule has 4 fully saturated rings. The van der Waals surface area contributed by atoms with E-state index in [1.807, 2.05) is 0 Å². The van der Waals surface area contributed by atoms with Crippen molar-refractivity contribution in [1.82, 2.24) is 0 Å². The molecule has 0 N–H and O–H groups in total. The third-order valence-electron chi connectivity index (χ3n) is 8.29. The molecule has 2 saturated heterocycles. The number of rotatable bonds is 2. The van der Waals surface area contributed by atoms with Crippen molar-refractivity contribution in [3.8, 4) is 0 Å². The van der Waals surface area contributed by atoms with Crippen LogP contribution < -0.4 is 9.80 Å². The van der Waals surface area contributed by atoms with E-state index >= 15 is 0 Å². The molecular weight excluding hydrogens is 380 g/mol. The van der Waals surface area contributed by atoms with Crippen LogP contribution in [-0.2, 0) is 19.2 Å². The Labute approximate surface area is 173 Å². The zero-order valence-corrected chi connectivity index (χ0v) is 16.2. The molecule has 6 aliphatic rings. The van der Waals surface area contributed by atoms with E-state index < -0.39 is 0 Å². The molecular formula is C24H20N2O4. The van der Waals surface area contributed by atoms with E-state index in [9.17, 15) is 19.2 Å². The minimum absolute atomic E-state index is 0.147. The van der Waals surface area contributed by atoms with Crippen LogP contribution in [0.4, 0.5) is 11.4 Å². The lowest BCUT2D eigenvalue weighted by atomic mass is 9.85. The predicted octanol–water partition coefficient (Wildman–Crippen LogP) is 2.31. The molecule has 8 atom stereocenters. The van der Waals surface area contributed by atoms with E-state index in [1.165, 1.54) is 9.80 Å². The van der Waals surface area contributed by atoms with Crippen molar-refractivity contribution in [2.75, 3.05) is 9.80 Å². The second-order valence-corrected chi connectivity index (χ2v) is 9.54. The Morgan fingerprint density at radius 1 is 0.567 bits per heavy atom. The van der Waals surface area contributed by atoms with Gasteiger partial charge in [-0.3, -0.25) is 19.2 Å². The van der Waals surface area contributed by atoms with E-state index in [1.54, 1.807) is 24.3 Å². The molecule has 2 saturated carbocycles. The molecule has 4 bridgehead atoms. The summed E-state index contributed by atoms with van der Waals surface area (Å²) in [5.74, 6) is -1.12. The first-order valence-electron chi connectivity index (χ1n) is 10.8. The van der Waals surface area contributed by atoms with E-state index in [0.717, 1.165) is 12.8 Å². The molecule has 150 valence electrons. The molecule has 6 heteroatoms. The molecule has 0 unspecified atom stereocenters. The third-order valence-corrected chi connectivity index (χ3v) is 8.29. The topological polar surface area (TPSA) is 74.8 Å². The maximum atomic E-state index is 13.1. The van der Waals surface area contributed by atoms with Gasteiger partial charge in [0, 0.05) is 0 Å². The lowest BCUT2D eigenvalue weighted by Crippen LogP contribution is -2.34. The standard InChI is InChI=1S/C24H20N2O4/c27-21-17-11-4-5-12(8-11)18(17)22(28)25(21)15-2-1-3-16(10-15)26-23(29)19-13-6-7-14(9-13)20(19)24(26)30/h1-7,10-14,17-20H,8-9H2/t11-,12-,13-,14-,17-,18+,19+,20+/m0/s1. The molecule has 0 spiro atoms. The highest BCUT2D eigenvalue weighted by Crippen LogP contribution is 2.55. The van der Waals surface area contributed by atoms with Crippen LogP contribution in [0, 0.1) is 47.3 Å². The van der Waals surface area contributed by atoms with E-state index in [4.69, 9.17) is 0 Å². The average molecular weight is 400 g/mol. The van der Waals surface area contributed by atoms with E-state index in [2.05, 4.69) is 24.3 Å². The zero-order chi connectivity index (χ0) is 20.3. The first-order valence-corrected chi connectivity index (χ1v) is 10.8. The highest BCUT2D eigenvalue weighted by molar-refractivity contribution is 6.25. The largest absolute Gasteiger partial charge is 0.274 e. The monoisotopic (exact) mass is 400 g/mol. The summed E-state index contributed by atoms with van der Waals surface area (Å²) in [5, 5.41) is 0.